The summed E-state index contributed by atoms with van der Waals surface area (Å²) < 4.78 is 37.2. The Kier molecular flexibility index (Phi) is 5.93. The predicted molar refractivity (Wildman–Crippen MR) is 94.1 cm³/mol. The van der Waals surface area contributed by atoms with Crippen molar-refractivity contribution in [2.24, 2.45) is 5.41 Å². The number of aliphatic carboxylic acids is 2. The lowest BCUT2D eigenvalue weighted by atomic mass is 9.57. The van der Waals surface area contributed by atoms with Crippen molar-refractivity contribution in [3.8, 4) is 0 Å². The fourth-order valence-corrected chi connectivity index (χ4v) is 4.35. The summed E-state index contributed by atoms with van der Waals surface area (Å²) in [5.41, 5.74) is 0.665. The quantitative estimate of drug-likeness (QED) is 0.666. The Morgan fingerprint density at radius 1 is 1.14 bits per heavy atom. The van der Waals surface area contributed by atoms with Crippen LogP contribution in [0.25, 0.3) is 0 Å². The number of hydrogen-bond acceptors (Lipinski definition) is 5. The molecule has 0 aromatic carbocycles. The van der Waals surface area contributed by atoms with Crippen LogP contribution in [-0.2, 0) is 16.1 Å². The minimum absolute atomic E-state index is 0.118. The van der Waals surface area contributed by atoms with Gasteiger partial charge in [0.15, 0.2) is 0 Å². The minimum atomic E-state index is -5.08. The highest BCUT2D eigenvalue weighted by Crippen LogP contribution is 2.52. The summed E-state index contributed by atoms with van der Waals surface area (Å²) in [5.74, 6) is -1.73. The Morgan fingerprint density at radius 3 is 2.10 bits per heavy atom. The fraction of sp³-hybridized carbons (Fsp3) is 0.737. The first-order valence-corrected chi connectivity index (χ1v) is 9.79. The first-order valence-electron chi connectivity index (χ1n) is 9.79. The van der Waals surface area contributed by atoms with Gasteiger partial charge >= 0.3 is 18.1 Å². The van der Waals surface area contributed by atoms with E-state index in [1.165, 1.54) is 19.3 Å². The average molecular weight is 418 g/mol. The minimum Gasteiger partial charge on any atom is -0.481 e. The number of halogens is 3. The summed E-state index contributed by atoms with van der Waals surface area (Å²) in [6.07, 6.45) is 3.98. The van der Waals surface area contributed by atoms with E-state index in [4.69, 9.17) is 14.4 Å². The van der Waals surface area contributed by atoms with Gasteiger partial charge in [-0.15, -0.1) is 0 Å². The number of alkyl halides is 3. The first kappa shape index (κ1) is 21.6. The molecule has 162 valence electrons. The largest absolute Gasteiger partial charge is 0.490 e. The number of fused-ring (bicyclic) bond motifs is 3. The second-order valence-electron chi connectivity index (χ2n) is 8.37. The van der Waals surface area contributed by atoms with Crippen LogP contribution in [0.3, 0.4) is 0 Å². The van der Waals surface area contributed by atoms with E-state index in [0.717, 1.165) is 56.5 Å². The Bertz CT molecular complexity index is 733. The summed E-state index contributed by atoms with van der Waals surface area (Å²) in [4.78, 5) is 20.4. The molecule has 4 aliphatic rings. The van der Waals surface area contributed by atoms with E-state index < -0.39 is 23.5 Å². The Balaban J connectivity index is 0.000000298. The summed E-state index contributed by atoms with van der Waals surface area (Å²) in [5, 5.41) is 24.4. The van der Waals surface area contributed by atoms with Gasteiger partial charge in [0, 0.05) is 24.1 Å². The number of nitrogens with one attached hydrogen (secondary N) is 1. The van der Waals surface area contributed by atoms with Gasteiger partial charge in [0.05, 0.1) is 11.1 Å². The summed E-state index contributed by atoms with van der Waals surface area (Å²) >= 11 is 0. The maximum absolute atomic E-state index is 11.5. The molecule has 1 aromatic heterocycles. The number of rotatable bonds is 5. The van der Waals surface area contributed by atoms with Gasteiger partial charge in [-0.25, -0.2) is 4.79 Å². The molecular formula is C19H25F3N2O5. The van der Waals surface area contributed by atoms with E-state index >= 15 is 0 Å². The topological polar surface area (TPSA) is 113 Å². The molecule has 10 heteroatoms. The third-order valence-electron chi connectivity index (χ3n) is 6.67. The Hall–Kier alpha value is -2.10. The molecule has 4 aliphatic carbocycles. The molecule has 5 rings (SSSR count). The molecule has 3 N–H and O–H groups in total. The molecule has 7 nitrogen and oxygen atoms in total. The smallest absolute Gasteiger partial charge is 0.481 e. The molecular weight excluding hydrogens is 393 g/mol. The molecule has 0 spiro atoms. The van der Waals surface area contributed by atoms with Crippen molar-refractivity contribution in [1.29, 1.82) is 0 Å². The lowest BCUT2D eigenvalue weighted by Gasteiger charge is -2.51. The van der Waals surface area contributed by atoms with E-state index in [0.29, 0.717) is 5.92 Å². The highest BCUT2D eigenvalue weighted by molar-refractivity contribution is 5.75. The van der Waals surface area contributed by atoms with Crippen LogP contribution in [0.5, 0.6) is 0 Å². The second kappa shape index (κ2) is 7.97. The van der Waals surface area contributed by atoms with Gasteiger partial charge in [0.1, 0.15) is 5.76 Å². The van der Waals surface area contributed by atoms with Gasteiger partial charge in [-0.1, -0.05) is 11.6 Å². The summed E-state index contributed by atoms with van der Waals surface area (Å²) in [6, 6.07) is 2.10. The number of hydrogen-bond donors (Lipinski definition) is 3. The molecule has 0 atom stereocenters. The van der Waals surface area contributed by atoms with Crippen LogP contribution >= 0.6 is 0 Å². The van der Waals surface area contributed by atoms with Crippen LogP contribution in [-0.4, -0.2) is 39.0 Å². The number of nitrogens with zero attached hydrogens (tertiary/aromatic N) is 1. The van der Waals surface area contributed by atoms with E-state index in [1.54, 1.807) is 0 Å². The van der Waals surface area contributed by atoms with Crippen molar-refractivity contribution in [2.75, 3.05) is 0 Å². The number of carboxylic acids is 2. The van der Waals surface area contributed by atoms with Gasteiger partial charge in [-0.05, 0) is 51.4 Å². The number of carbonyl (C=O) groups is 2. The normalized spacial score (nSPS) is 28.9. The van der Waals surface area contributed by atoms with E-state index in [2.05, 4.69) is 16.5 Å². The van der Waals surface area contributed by atoms with Crippen LogP contribution in [0.1, 0.15) is 75.2 Å². The molecule has 4 fully saturated rings. The highest BCUT2D eigenvalue weighted by Gasteiger charge is 2.52. The Morgan fingerprint density at radius 2 is 1.69 bits per heavy atom. The predicted octanol–water partition coefficient (Wildman–Crippen LogP) is 3.84. The van der Waals surface area contributed by atoms with Gasteiger partial charge in [0.25, 0.3) is 0 Å². The van der Waals surface area contributed by atoms with Crippen molar-refractivity contribution in [2.45, 2.75) is 82.0 Å². The van der Waals surface area contributed by atoms with Gasteiger partial charge in [-0.2, -0.15) is 13.2 Å². The average Bonchev–Trinajstić information content (AvgIpc) is 3.08. The van der Waals surface area contributed by atoms with Crippen LogP contribution in [0.4, 0.5) is 13.2 Å². The van der Waals surface area contributed by atoms with Gasteiger partial charge < -0.3 is 20.1 Å². The lowest BCUT2D eigenvalue weighted by molar-refractivity contribution is -0.192. The molecule has 0 saturated heterocycles. The maximum atomic E-state index is 11.5. The lowest BCUT2D eigenvalue weighted by Crippen LogP contribution is -2.56. The van der Waals surface area contributed by atoms with Gasteiger partial charge in [0.2, 0.25) is 0 Å². The standard InChI is InChI=1S/C17H24N2O3.C2HF3O2/c20-15(21)16-4-7-17(8-5-16,9-6-16)18-11-13-10-14(22-19-13)12-2-1-3-12;3-2(4,5)1(6)7/h10,12,18H,1-9,11H2,(H,20,21);(H,6,7). The zero-order chi connectivity index (χ0) is 21.3. The number of carboxylic acid groups (broad SMARTS) is 2. The third-order valence-corrected chi connectivity index (χ3v) is 6.67. The second-order valence-corrected chi connectivity index (χ2v) is 8.37. The highest BCUT2D eigenvalue weighted by atomic mass is 19.4. The van der Waals surface area contributed by atoms with Crippen molar-refractivity contribution >= 4 is 11.9 Å². The van der Waals surface area contributed by atoms with Crippen LogP contribution in [0, 0.1) is 5.41 Å². The summed E-state index contributed by atoms with van der Waals surface area (Å²) in [7, 11) is 0. The van der Waals surface area contributed by atoms with E-state index in [9.17, 15) is 23.1 Å². The maximum Gasteiger partial charge on any atom is 0.490 e. The summed E-state index contributed by atoms with van der Waals surface area (Å²) in [6.45, 7) is 0.732. The molecule has 0 amide bonds. The number of aromatic nitrogens is 1. The molecule has 2 bridgehead atoms. The first-order chi connectivity index (χ1) is 13.6. The molecule has 29 heavy (non-hydrogen) atoms. The molecule has 1 heterocycles. The Labute approximate surface area is 165 Å². The van der Waals surface area contributed by atoms with E-state index in [-0.39, 0.29) is 5.54 Å². The zero-order valence-corrected chi connectivity index (χ0v) is 15.9. The molecule has 0 aliphatic heterocycles. The SMILES string of the molecule is O=C(O)C(F)(F)F.O=C(O)C12CCC(NCc3cc(C4CCC4)on3)(CC1)CC2. The van der Waals surface area contributed by atoms with Crippen LogP contribution in [0.15, 0.2) is 10.6 Å². The third kappa shape index (κ3) is 4.73. The van der Waals surface area contributed by atoms with Gasteiger partial charge in [-0.3, -0.25) is 4.79 Å². The van der Waals surface area contributed by atoms with Crippen molar-refractivity contribution < 1.29 is 37.5 Å². The van der Waals surface area contributed by atoms with Crippen LogP contribution < -0.4 is 5.32 Å². The van der Waals surface area contributed by atoms with Crippen LogP contribution in [0.2, 0.25) is 0 Å². The van der Waals surface area contributed by atoms with Crippen molar-refractivity contribution in [3.63, 3.8) is 0 Å². The van der Waals surface area contributed by atoms with Crippen molar-refractivity contribution in [3.05, 3.63) is 17.5 Å². The molecule has 0 radical (unpaired) electrons. The van der Waals surface area contributed by atoms with Crippen molar-refractivity contribution in [1.82, 2.24) is 10.5 Å². The zero-order valence-electron chi connectivity index (χ0n) is 15.9. The van der Waals surface area contributed by atoms with E-state index in [1.807, 2.05) is 0 Å². The molecule has 4 saturated carbocycles. The fourth-order valence-electron chi connectivity index (χ4n) is 4.35. The molecule has 1 aromatic rings. The monoisotopic (exact) mass is 418 g/mol. The molecule has 0 unspecified atom stereocenters.